The summed E-state index contributed by atoms with van der Waals surface area (Å²) in [6.45, 7) is 6.72. The number of allylic oxidation sites excluding steroid dienone is 4. The summed E-state index contributed by atoms with van der Waals surface area (Å²) < 4.78 is 17.0. The fraction of sp³-hybridized carbons (Fsp3) is 0.903. The van der Waals surface area contributed by atoms with Crippen LogP contribution in [0.4, 0.5) is 0 Å². The van der Waals surface area contributed by atoms with Crippen LogP contribution < -0.4 is 0 Å². The topological polar surface area (TPSA) is 78.9 Å². The fourth-order valence-corrected chi connectivity index (χ4v) is 10.9. The van der Waals surface area contributed by atoms with E-state index < -0.39 is 6.10 Å². The summed E-state index contributed by atoms with van der Waals surface area (Å²) in [5.74, 6) is -0.831. The average Bonchev–Trinajstić information content (AvgIpc) is 3.44. The second-order valence-corrected chi connectivity index (χ2v) is 24.2. The number of rotatable bonds is 66. The van der Waals surface area contributed by atoms with E-state index in [1.54, 1.807) is 0 Å². The smallest absolute Gasteiger partial charge is 0.306 e. The maximum Gasteiger partial charge on any atom is 0.306 e. The van der Waals surface area contributed by atoms with E-state index in [9.17, 15) is 14.4 Å². The maximum atomic E-state index is 13.0. The lowest BCUT2D eigenvalue weighted by atomic mass is 10.0. The molecule has 0 amide bonds. The molecule has 0 bridgehead atoms. The molecule has 0 rings (SSSR count). The second-order valence-electron chi connectivity index (χ2n) is 24.2. The van der Waals surface area contributed by atoms with Crippen LogP contribution in [-0.4, -0.2) is 37.2 Å². The van der Waals surface area contributed by atoms with Gasteiger partial charge in [0.25, 0.3) is 0 Å². The largest absolute Gasteiger partial charge is 0.462 e. The van der Waals surface area contributed by atoms with E-state index in [1.165, 1.54) is 295 Å². The van der Waals surface area contributed by atoms with Gasteiger partial charge in [0.15, 0.2) is 6.10 Å². The van der Waals surface area contributed by atoms with Gasteiger partial charge in [0.05, 0.1) is 0 Å². The monoisotopic (exact) mass is 1100 g/mol. The van der Waals surface area contributed by atoms with Crippen LogP contribution in [0.2, 0.25) is 0 Å². The molecule has 0 radical (unpaired) electrons. The molecule has 0 aromatic heterocycles. The highest BCUT2D eigenvalue weighted by atomic mass is 16.6. The van der Waals surface area contributed by atoms with Gasteiger partial charge in [-0.1, -0.05) is 353 Å². The van der Waals surface area contributed by atoms with Gasteiger partial charge in [-0.15, -0.1) is 0 Å². The molecular weight excluding hydrogens is 961 g/mol. The Kier molecular flexibility index (Phi) is 65.6. The van der Waals surface area contributed by atoms with Crippen molar-refractivity contribution in [1.82, 2.24) is 0 Å². The number of esters is 3. The molecule has 6 heteroatoms. The SMILES string of the molecule is CCCCCCC/C=C\C/C=C\CCCCCCCCCCCCCCCC(=O)OCC(COC(=O)CCCCCCCCCCCCCCCC)OC(=O)CCCCCCCCCCCCCCCCCCCCCCC. The third kappa shape index (κ3) is 64.7. The van der Waals surface area contributed by atoms with Gasteiger partial charge in [-0.25, -0.2) is 0 Å². The summed E-state index contributed by atoms with van der Waals surface area (Å²) in [6.07, 6.45) is 82.0. The van der Waals surface area contributed by atoms with Crippen LogP contribution in [0.3, 0.4) is 0 Å². The number of hydrogen-bond acceptors (Lipinski definition) is 6. The molecule has 0 heterocycles. The predicted molar refractivity (Wildman–Crippen MR) is 340 cm³/mol. The standard InChI is InChI=1S/C72H136O6/c1-4-7-10-13-16-19-22-25-28-30-32-34-35-36-37-39-40-42-44-47-50-53-56-59-62-65-71(74)77-68-69(67-76-70(73)64-61-58-55-52-49-46-27-24-21-18-15-12-9-6-3)78-72(75)66-63-60-57-54-51-48-45-43-41-38-33-31-29-26-23-20-17-14-11-8-5-2/h22,25,30,32,69H,4-21,23-24,26-29,31,33-68H2,1-3H3/b25-22-,32-30-. The second kappa shape index (κ2) is 67.4. The van der Waals surface area contributed by atoms with E-state index in [1.807, 2.05) is 0 Å². The Labute approximate surface area is 487 Å². The number of hydrogen-bond donors (Lipinski definition) is 0. The van der Waals surface area contributed by atoms with Gasteiger partial charge in [0.2, 0.25) is 0 Å². The first-order valence-electron chi connectivity index (χ1n) is 35.3. The van der Waals surface area contributed by atoms with E-state index in [-0.39, 0.29) is 31.1 Å². The van der Waals surface area contributed by atoms with Gasteiger partial charge in [-0.3, -0.25) is 14.4 Å². The predicted octanol–water partition coefficient (Wildman–Crippen LogP) is 24.2. The van der Waals surface area contributed by atoms with E-state index in [2.05, 4.69) is 45.1 Å². The minimum Gasteiger partial charge on any atom is -0.462 e. The van der Waals surface area contributed by atoms with Crippen LogP contribution >= 0.6 is 0 Å². The zero-order chi connectivity index (χ0) is 56.4. The van der Waals surface area contributed by atoms with Crippen LogP contribution in [0, 0.1) is 0 Å². The summed E-state index contributed by atoms with van der Waals surface area (Å²) in [4.78, 5) is 38.4. The molecule has 0 spiro atoms. The minimum absolute atomic E-state index is 0.0641. The van der Waals surface area contributed by atoms with Gasteiger partial charge in [-0.2, -0.15) is 0 Å². The zero-order valence-corrected chi connectivity index (χ0v) is 53.0. The molecule has 0 aliphatic carbocycles. The van der Waals surface area contributed by atoms with Crippen LogP contribution in [0.25, 0.3) is 0 Å². The zero-order valence-electron chi connectivity index (χ0n) is 53.0. The molecule has 6 nitrogen and oxygen atoms in total. The molecule has 0 aliphatic rings. The summed E-state index contributed by atoms with van der Waals surface area (Å²) in [7, 11) is 0. The van der Waals surface area contributed by atoms with Gasteiger partial charge in [-0.05, 0) is 51.4 Å². The summed E-state index contributed by atoms with van der Waals surface area (Å²) in [5.41, 5.74) is 0. The van der Waals surface area contributed by atoms with E-state index >= 15 is 0 Å². The Morgan fingerprint density at radius 3 is 0.705 bits per heavy atom. The van der Waals surface area contributed by atoms with Crippen LogP contribution in [0.1, 0.15) is 400 Å². The van der Waals surface area contributed by atoms with Crippen molar-refractivity contribution in [2.24, 2.45) is 0 Å². The third-order valence-corrected chi connectivity index (χ3v) is 16.2. The van der Waals surface area contributed by atoms with Crippen molar-refractivity contribution < 1.29 is 28.6 Å². The first kappa shape index (κ1) is 75.9. The molecule has 0 aliphatic heterocycles. The third-order valence-electron chi connectivity index (χ3n) is 16.2. The van der Waals surface area contributed by atoms with Crippen molar-refractivity contribution in [1.29, 1.82) is 0 Å². The summed E-state index contributed by atoms with van der Waals surface area (Å²) >= 11 is 0. The molecule has 78 heavy (non-hydrogen) atoms. The minimum atomic E-state index is -0.767. The van der Waals surface area contributed by atoms with Crippen LogP contribution in [0.15, 0.2) is 24.3 Å². The lowest BCUT2D eigenvalue weighted by Crippen LogP contribution is -2.30. The number of carbonyl (C=O) groups is 3. The molecule has 0 N–H and O–H groups in total. The highest BCUT2D eigenvalue weighted by Crippen LogP contribution is 2.19. The molecule has 0 aromatic rings. The molecule has 0 saturated carbocycles. The van der Waals surface area contributed by atoms with Crippen molar-refractivity contribution in [2.75, 3.05) is 13.2 Å². The first-order chi connectivity index (χ1) is 38.5. The number of unbranched alkanes of at least 4 members (excludes halogenated alkanes) is 51. The molecular formula is C72H136O6. The molecule has 0 saturated heterocycles. The molecule has 1 atom stereocenters. The van der Waals surface area contributed by atoms with Crippen molar-refractivity contribution in [3.63, 3.8) is 0 Å². The van der Waals surface area contributed by atoms with E-state index in [0.29, 0.717) is 19.3 Å². The maximum absolute atomic E-state index is 13.0. The fourth-order valence-electron chi connectivity index (χ4n) is 10.9. The Morgan fingerprint density at radius 1 is 0.256 bits per heavy atom. The number of carbonyl (C=O) groups excluding carboxylic acids is 3. The quantitative estimate of drug-likeness (QED) is 0.0261. The number of ether oxygens (including phenoxy) is 3. The molecule has 460 valence electrons. The van der Waals surface area contributed by atoms with Crippen LogP contribution in [0.5, 0.6) is 0 Å². The summed E-state index contributed by atoms with van der Waals surface area (Å²) in [5, 5.41) is 0. The van der Waals surface area contributed by atoms with E-state index in [4.69, 9.17) is 14.2 Å². The molecule has 0 aromatic carbocycles. The van der Waals surface area contributed by atoms with E-state index in [0.717, 1.165) is 64.2 Å². The first-order valence-corrected chi connectivity index (χ1v) is 35.3. The summed E-state index contributed by atoms with van der Waals surface area (Å²) in [6, 6.07) is 0. The Hall–Kier alpha value is -2.11. The molecule has 0 fully saturated rings. The van der Waals surface area contributed by atoms with Gasteiger partial charge < -0.3 is 14.2 Å². The van der Waals surface area contributed by atoms with Gasteiger partial charge >= 0.3 is 17.9 Å². The average molecular weight is 1100 g/mol. The van der Waals surface area contributed by atoms with Crippen molar-refractivity contribution in [2.45, 2.75) is 406 Å². The lowest BCUT2D eigenvalue weighted by molar-refractivity contribution is -0.167. The highest BCUT2D eigenvalue weighted by Gasteiger charge is 2.19. The van der Waals surface area contributed by atoms with Gasteiger partial charge in [0.1, 0.15) is 13.2 Å². The van der Waals surface area contributed by atoms with Gasteiger partial charge in [0, 0.05) is 19.3 Å². The lowest BCUT2D eigenvalue weighted by Gasteiger charge is -2.18. The molecule has 1 unspecified atom stereocenters. The van der Waals surface area contributed by atoms with Crippen LogP contribution in [-0.2, 0) is 28.6 Å². The normalized spacial score (nSPS) is 12.1. The Balaban J connectivity index is 4.24. The van der Waals surface area contributed by atoms with Crippen molar-refractivity contribution >= 4 is 17.9 Å². The Morgan fingerprint density at radius 2 is 0.462 bits per heavy atom. The Bertz CT molecular complexity index is 1260. The highest BCUT2D eigenvalue weighted by molar-refractivity contribution is 5.71. The van der Waals surface area contributed by atoms with Crippen molar-refractivity contribution in [3.05, 3.63) is 24.3 Å². The van der Waals surface area contributed by atoms with Crippen molar-refractivity contribution in [3.8, 4) is 0 Å².